The zero-order chi connectivity index (χ0) is 11.4. The molecule has 5 heteroatoms. The highest BCUT2D eigenvalue weighted by Gasteiger charge is 2.12. The average Bonchev–Trinajstić information content (AvgIpc) is 2.65. The first kappa shape index (κ1) is 12.1. The van der Waals surface area contributed by atoms with E-state index in [2.05, 4.69) is 29.5 Å². The summed E-state index contributed by atoms with van der Waals surface area (Å²) in [5.74, 6) is 0.343. The van der Waals surface area contributed by atoms with Gasteiger partial charge in [0.05, 0.1) is 11.7 Å². The van der Waals surface area contributed by atoms with Crippen molar-refractivity contribution in [2.45, 2.75) is 32.7 Å². The molecule has 1 atom stereocenters. The maximum absolute atomic E-state index is 11.5. The van der Waals surface area contributed by atoms with Crippen molar-refractivity contribution < 1.29 is 4.79 Å². The van der Waals surface area contributed by atoms with E-state index in [4.69, 9.17) is 0 Å². The molecular weight excluding hydrogens is 210 g/mol. The summed E-state index contributed by atoms with van der Waals surface area (Å²) in [4.78, 5) is 15.8. The zero-order valence-corrected chi connectivity index (χ0v) is 10.3. The monoisotopic (exact) mass is 227 g/mol. The van der Waals surface area contributed by atoms with Gasteiger partial charge < -0.3 is 10.6 Å². The molecule has 4 nitrogen and oxygen atoms in total. The summed E-state index contributed by atoms with van der Waals surface area (Å²) in [6.07, 6.45) is 0. The molecule has 1 unspecified atom stereocenters. The number of anilines is 1. The predicted molar refractivity (Wildman–Crippen MR) is 63.4 cm³/mol. The van der Waals surface area contributed by atoms with Crippen molar-refractivity contribution in [3.8, 4) is 0 Å². The standard InChI is InChI=1S/C10H17N3OS/c1-6(2)8-5-15-10(12-8)13-9(14)7(3)11-4/h5-7,11H,1-4H3,(H,12,13,14). The molecule has 2 N–H and O–H groups in total. The molecule has 0 saturated carbocycles. The number of nitrogens with zero attached hydrogens (tertiary/aromatic N) is 1. The minimum atomic E-state index is -0.198. The van der Waals surface area contributed by atoms with Gasteiger partial charge in [-0.1, -0.05) is 13.8 Å². The third kappa shape index (κ3) is 3.28. The lowest BCUT2D eigenvalue weighted by molar-refractivity contribution is -0.117. The Bertz CT molecular complexity index is 335. The fourth-order valence-electron chi connectivity index (χ4n) is 0.953. The van der Waals surface area contributed by atoms with Crippen LogP contribution in [-0.4, -0.2) is 24.0 Å². The van der Waals surface area contributed by atoms with Crippen molar-refractivity contribution in [3.05, 3.63) is 11.1 Å². The maximum atomic E-state index is 11.5. The van der Waals surface area contributed by atoms with Crippen LogP contribution < -0.4 is 10.6 Å². The molecule has 0 aliphatic carbocycles. The Morgan fingerprint density at radius 3 is 2.60 bits per heavy atom. The number of carbonyl (C=O) groups excluding carboxylic acids is 1. The van der Waals surface area contributed by atoms with E-state index >= 15 is 0 Å². The van der Waals surface area contributed by atoms with Gasteiger partial charge in [0.25, 0.3) is 0 Å². The van der Waals surface area contributed by atoms with Crippen LogP contribution in [0.2, 0.25) is 0 Å². The Labute approximate surface area is 94.1 Å². The summed E-state index contributed by atoms with van der Waals surface area (Å²) in [6.45, 7) is 5.97. The Balaban J connectivity index is 2.61. The van der Waals surface area contributed by atoms with Crippen molar-refractivity contribution in [2.75, 3.05) is 12.4 Å². The SMILES string of the molecule is CNC(C)C(=O)Nc1nc(C(C)C)cs1. The van der Waals surface area contributed by atoms with E-state index < -0.39 is 0 Å². The normalized spacial score (nSPS) is 12.9. The molecule has 1 rings (SSSR count). The molecule has 15 heavy (non-hydrogen) atoms. The summed E-state index contributed by atoms with van der Waals surface area (Å²) in [5.41, 5.74) is 1.02. The topological polar surface area (TPSA) is 54.0 Å². The molecule has 0 radical (unpaired) electrons. The van der Waals surface area contributed by atoms with Crippen molar-refractivity contribution in [1.82, 2.24) is 10.3 Å². The lowest BCUT2D eigenvalue weighted by atomic mass is 10.2. The molecule has 0 aliphatic rings. The highest BCUT2D eigenvalue weighted by atomic mass is 32.1. The molecule has 84 valence electrons. The highest BCUT2D eigenvalue weighted by molar-refractivity contribution is 7.13. The van der Waals surface area contributed by atoms with E-state index in [0.717, 1.165) is 5.69 Å². The largest absolute Gasteiger partial charge is 0.309 e. The van der Waals surface area contributed by atoms with Crippen molar-refractivity contribution in [1.29, 1.82) is 0 Å². The summed E-state index contributed by atoms with van der Waals surface area (Å²) in [5, 5.41) is 8.30. The third-order valence-electron chi connectivity index (χ3n) is 2.17. The molecule has 1 aromatic rings. The smallest absolute Gasteiger partial charge is 0.242 e. The second-order valence-electron chi connectivity index (χ2n) is 3.73. The quantitative estimate of drug-likeness (QED) is 0.825. The Morgan fingerprint density at radius 2 is 2.13 bits per heavy atom. The third-order valence-corrected chi connectivity index (χ3v) is 2.95. The minimum absolute atomic E-state index is 0.0536. The van der Waals surface area contributed by atoms with Crippen molar-refractivity contribution in [3.63, 3.8) is 0 Å². The summed E-state index contributed by atoms with van der Waals surface area (Å²) < 4.78 is 0. The fourth-order valence-corrected chi connectivity index (χ4v) is 1.83. The van der Waals surface area contributed by atoms with E-state index in [1.165, 1.54) is 11.3 Å². The second kappa shape index (κ2) is 5.23. The number of likely N-dealkylation sites (N-methyl/N-ethyl adjacent to an activating group) is 1. The van der Waals surface area contributed by atoms with Gasteiger partial charge in [-0.05, 0) is 19.9 Å². The molecular formula is C10H17N3OS. The van der Waals surface area contributed by atoms with Crippen LogP contribution >= 0.6 is 11.3 Å². The van der Waals surface area contributed by atoms with Gasteiger partial charge in [0.2, 0.25) is 5.91 Å². The van der Waals surface area contributed by atoms with Crippen LogP contribution in [0.15, 0.2) is 5.38 Å². The lowest BCUT2D eigenvalue weighted by Gasteiger charge is -2.08. The van der Waals surface area contributed by atoms with Gasteiger partial charge in [0.1, 0.15) is 0 Å². The zero-order valence-electron chi connectivity index (χ0n) is 9.50. The van der Waals surface area contributed by atoms with Gasteiger partial charge in [-0.3, -0.25) is 4.79 Å². The number of hydrogen-bond acceptors (Lipinski definition) is 4. The summed E-state index contributed by atoms with van der Waals surface area (Å²) in [6, 6.07) is -0.198. The van der Waals surface area contributed by atoms with Crippen molar-refractivity contribution >= 4 is 22.4 Å². The number of carbonyl (C=O) groups is 1. The van der Waals surface area contributed by atoms with E-state index in [-0.39, 0.29) is 11.9 Å². The average molecular weight is 227 g/mol. The molecule has 0 saturated heterocycles. The first-order valence-electron chi connectivity index (χ1n) is 4.98. The van der Waals surface area contributed by atoms with Crippen LogP contribution in [0.1, 0.15) is 32.4 Å². The van der Waals surface area contributed by atoms with Gasteiger partial charge in [-0.2, -0.15) is 0 Å². The first-order chi connectivity index (χ1) is 7.04. The van der Waals surface area contributed by atoms with Gasteiger partial charge in [-0.15, -0.1) is 11.3 Å². The van der Waals surface area contributed by atoms with E-state index in [1.807, 2.05) is 12.3 Å². The number of hydrogen-bond donors (Lipinski definition) is 2. The predicted octanol–water partition coefficient (Wildman–Crippen LogP) is 1.81. The van der Waals surface area contributed by atoms with Crippen LogP contribution in [-0.2, 0) is 4.79 Å². The van der Waals surface area contributed by atoms with Gasteiger partial charge in [-0.25, -0.2) is 4.98 Å². The molecule has 0 fully saturated rings. The number of rotatable bonds is 4. The summed E-state index contributed by atoms with van der Waals surface area (Å²) >= 11 is 1.46. The van der Waals surface area contributed by atoms with Crippen LogP contribution in [0, 0.1) is 0 Å². The molecule has 1 aromatic heterocycles. The fraction of sp³-hybridized carbons (Fsp3) is 0.600. The molecule has 0 aliphatic heterocycles. The summed E-state index contributed by atoms with van der Waals surface area (Å²) in [7, 11) is 1.76. The molecule has 0 aromatic carbocycles. The molecule has 1 amide bonds. The highest BCUT2D eigenvalue weighted by Crippen LogP contribution is 2.21. The van der Waals surface area contributed by atoms with Crippen LogP contribution in [0.4, 0.5) is 5.13 Å². The van der Waals surface area contributed by atoms with E-state index in [0.29, 0.717) is 11.0 Å². The second-order valence-corrected chi connectivity index (χ2v) is 4.59. The maximum Gasteiger partial charge on any atom is 0.242 e. The van der Waals surface area contributed by atoms with Crippen molar-refractivity contribution in [2.24, 2.45) is 0 Å². The number of aromatic nitrogens is 1. The lowest BCUT2D eigenvalue weighted by Crippen LogP contribution is -2.35. The number of thiazole rings is 1. The Morgan fingerprint density at radius 1 is 1.47 bits per heavy atom. The van der Waals surface area contributed by atoms with E-state index in [9.17, 15) is 4.79 Å². The van der Waals surface area contributed by atoms with Crippen LogP contribution in [0.3, 0.4) is 0 Å². The van der Waals surface area contributed by atoms with Gasteiger partial charge >= 0.3 is 0 Å². The first-order valence-corrected chi connectivity index (χ1v) is 5.86. The van der Waals surface area contributed by atoms with E-state index in [1.54, 1.807) is 7.05 Å². The molecule has 1 heterocycles. The van der Waals surface area contributed by atoms with Gasteiger partial charge in [0, 0.05) is 5.38 Å². The Kier molecular flexibility index (Phi) is 4.23. The number of nitrogens with one attached hydrogen (secondary N) is 2. The molecule has 0 spiro atoms. The minimum Gasteiger partial charge on any atom is -0.309 e. The Hall–Kier alpha value is -0.940. The van der Waals surface area contributed by atoms with Crippen LogP contribution in [0.5, 0.6) is 0 Å². The molecule has 0 bridgehead atoms. The van der Waals surface area contributed by atoms with Crippen LogP contribution in [0.25, 0.3) is 0 Å². The number of amides is 1. The van der Waals surface area contributed by atoms with Gasteiger partial charge in [0.15, 0.2) is 5.13 Å².